The van der Waals surface area contributed by atoms with Gasteiger partial charge in [0.05, 0.1) is 12.2 Å². The van der Waals surface area contributed by atoms with E-state index in [9.17, 15) is 14.7 Å². The summed E-state index contributed by atoms with van der Waals surface area (Å²) in [5, 5.41) is 9.98. The molecule has 0 amide bonds. The summed E-state index contributed by atoms with van der Waals surface area (Å²) in [5.74, 6) is 0.378. The molecule has 2 aliphatic rings. The van der Waals surface area contributed by atoms with Gasteiger partial charge in [-0.15, -0.1) is 0 Å². The minimum atomic E-state index is -0.456. The molecular formula is C13H18N2O4. The van der Waals surface area contributed by atoms with Crippen LogP contribution in [0.3, 0.4) is 0 Å². The fourth-order valence-corrected chi connectivity index (χ4v) is 3.31. The highest BCUT2D eigenvalue weighted by atomic mass is 16.5. The van der Waals surface area contributed by atoms with Gasteiger partial charge in [0.1, 0.15) is 6.23 Å². The molecule has 3 rings (SSSR count). The first-order chi connectivity index (χ1) is 8.97. The molecule has 0 aromatic carbocycles. The van der Waals surface area contributed by atoms with E-state index in [1.165, 1.54) is 10.8 Å². The molecule has 1 aliphatic carbocycles. The van der Waals surface area contributed by atoms with Crippen molar-refractivity contribution in [2.24, 2.45) is 11.8 Å². The van der Waals surface area contributed by atoms with Crippen LogP contribution >= 0.6 is 0 Å². The van der Waals surface area contributed by atoms with Crippen LogP contribution in [-0.2, 0) is 4.74 Å². The normalized spacial score (nSPS) is 37.5. The number of aliphatic hydroxyl groups is 1. The lowest BCUT2D eigenvalue weighted by atomic mass is 10.0. The number of aliphatic hydroxyl groups excluding tert-OH is 1. The van der Waals surface area contributed by atoms with Gasteiger partial charge >= 0.3 is 5.69 Å². The van der Waals surface area contributed by atoms with Gasteiger partial charge in [0.25, 0.3) is 5.56 Å². The molecule has 19 heavy (non-hydrogen) atoms. The predicted molar refractivity (Wildman–Crippen MR) is 67.9 cm³/mol. The highest BCUT2D eigenvalue weighted by Gasteiger charge is 2.48. The fraction of sp³-hybridized carbons (Fsp3) is 0.692. The maximum absolute atomic E-state index is 11.8. The topological polar surface area (TPSA) is 84.3 Å². The van der Waals surface area contributed by atoms with Crippen LogP contribution in [0.25, 0.3) is 0 Å². The second-order valence-corrected chi connectivity index (χ2v) is 5.71. The number of nitrogens with zero attached hydrogens (tertiary/aromatic N) is 1. The Morgan fingerprint density at radius 3 is 2.84 bits per heavy atom. The molecule has 1 saturated carbocycles. The molecule has 1 aliphatic heterocycles. The van der Waals surface area contributed by atoms with Crippen molar-refractivity contribution in [3.05, 3.63) is 32.6 Å². The molecule has 1 aromatic rings. The van der Waals surface area contributed by atoms with E-state index in [4.69, 9.17) is 4.74 Å². The zero-order valence-electron chi connectivity index (χ0n) is 11.0. The van der Waals surface area contributed by atoms with E-state index >= 15 is 0 Å². The second kappa shape index (κ2) is 4.31. The number of aromatic nitrogens is 2. The highest BCUT2D eigenvalue weighted by molar-refractivity contribution is 5.03. The number of H-pyrrole nitrogens is 1. The summed E-state index contributed by atoms with van der Waals surface area (Å²) in [5.41, 5.74) is -0.343. The van der Waals surface area contributed by atoms with Crippen LogP contribution in [0.2, 0.25) is 0 Å². The van der Waals surface area contributed by atoms with E-state index in [0.29, 0.717) is 17.9 Å². The Morgan fingerprint density at radius 1 is 1.42 bits per heavy atom. The lowest BCUT2D eigenvalue weighted by molar-refractivity contribution is -0.0221. The SMILES string of the molecule is Cc1cn(C2C[C@@H]3[C@H](O2)[C@H](C)C[C@H]3O)c(=O)[nH]c1=O. The summed E-state index contributed by atoms with van der Waals surface area (Å²) in [6.45, 7) is 3.71. The van der Waals surface area contributed by atoms with Crippen LogP contribution in [-0.4, -0.2) is 26.9 Å². The van der Waals surface area contributed by atoms with Gasteiger partial charge in [0.15, 0.2) is 0 Å². The van der Waals surface area contributed by atoms with Crippen molar-refractivity contribution in [1.82, 2.24) is 9.55 Å². The summed E-state index contributed by atoms with van der Waals surface area (Å²) in [6, 6.07) is 0. The first-order valence-electron chi connectivity index (χ1n) is 6.63. The number of hydrogen-bond donors (Lipinski definition) is 2. The minimum absolute atomic E-state index is 0.000802. The number of nitrogens with one attached hydrogen (secondary N) is 1. The average molecular weight is 266 g/mol. The van der Waals surface area contributed by atoms with Crippen molar-refractivity contribution in [1.29, 1.82) is 0 Å². The van der Waals surface area contributed by atoms with Gasteiger partial charge in [0, 0.05) is 24.1 Å². The van der Waals surface area contributed by atoms with E-state index in [-0.39, 0.29) is 23.7 Å². The van der Waals surface area contributed by atoms with Gasteiger partial charge in [-0.3, -0.25) is 14.3 Å². The Kier molecular flexibility index (Phi) is 2.87. The number of fused-ring (bicyclic) bond motifs is 1. The quantitative estimate of drug-likeness (QED) is 0.757. The Balaban J connectivity index is 1.92. The van der Waals surface area contributed by atoms with Crippen LogP contribution < -0.4 is 11.2 Å². The van der Waals surface area contributed by atoms with E-state index in [2.05, 4.69) is 11.9 Å². The summed E-state index contributed by atoms with van der Waals surface area (Å²) in [4.78, 5) is 25.5. The van der Waals surface area contributed by atoms with Crippen molar-refractivity contribution in [3.63, 3.8) is 0 Å². The van der Waals surface area contributed by atoms with Crippen LogP contribution in [0.1, 0.15) is 31.6 Å². The summed E-state index contributed by atoms with van der Waals surface area (Å²) >= 11 is 0. The zero-order valence-corrected chi connectivity index (χ0v) is 11.0. The Morgan fingerprint density at radius 2 is 2.16 bits per heavy atom. The zero-order chi connectivity index (χ0) is 13.7. The summed E-state index contributed by atoms with van der Waals surface area (Å²) in [6.07, 6.45) is 2.15. The molecule has 5 atom stereocenters. The first-order valence-corrected chi connectivity index (χ1v) is 6.63. The standard InChI is InChI=1S/C13H18N2O4/c1-6-3-9(16)8-4-10(19-11(6)8)15-5-7(2)12(17)14-13(15)18/h5-6,8-11,16H,3-4H2,1-2H3,(H,14,17,18)/t6-,8+,9-,10?,11-/m1/s1. The third-order valence-corrected chi connectivity index (χ3v) is 4.33. The molecule has 104 valence electrons. The van der Waals surface area contributed by atoms with Crippen molar-refractivity contribution < 1.29 is 9.84 Å². The van der Waals surface area contributed by atoms with E-state index < -0.39 is 11.9 Å². The van der Waals surface area contributed by atoms with Crippen LogP contribution in [0.15, 0.2) is 15.8 Å². The second-order valence-electron chi connectivity index (χ2n) is 5.71. The van der Waals surface area contributed by atoms with Crippen LogP contribution in [0, 0.1) is 18.8 Å². The van der Waals surface area contributed by atoms with Crippen molar-refractivity contribution in [2.45, 2.75) is 45.1 Å². The number of rotatable bonds is 1. The molecular weight excluding hydrogens is 248 g/mol. The van der Waals surface area contributed by atoms with Gasteiger partial charge < -0.3 is 9.84 Å². The van der Waals surface area contributed by atoms with E-state index in [1.807, 2.05) is 0 Å². The molecule has 0 radical (unpaired) electrons. The first kappa shape index (κ1) is 12.6. The summed E-state index contributed by atoms with van der Waals surface area (Å²) < 4.78 is 7.34. The van der Waals surface area contributed by atoms with Gasteiger partial charge in [-0.05, 0) is 19.3 Å². The molecule has 0 spiro atoms. The van der Waals surface area contributed by atoms with Gasteiger partial charge in [-0.25, -0.2) is 4.79 Å². The largest absolute Gasteiger partial charge is 0.393 e. The van der Waals surface area contributed by atoms with Gasteiger partial charge in [-0.2, -0.15) is 0 Å². The van der Waals surface area contributed by atoms with Gasteiger partial charge in [-0.1, -0.05) is 6.92 Å². The minimum Gasteiger partial charge on any atom is -0.393 e. The molecule has 6 heteroatoms. The third-order valence-electron chi connectivity index (χ3n) is 4.33. The van der Waals surface area contributed by atoms with E-state index in [0.717, 1.165) is 6.42 Å². The lowest BCUT2D eigenvalue weighted by Gasteiger charge is -2.18. The Hall–Kier alpha value is -1.40. The molecule has 2 heterocycles. The van der Waals surface area contributed by atoms with Crippen molar-refractivity contribution in [2.75, 3.05) is 0 Å². The van der Waals surface area contributed by atoms with Gasteiger partial charge in [0.2, 0.25) is 0 Å². The molecule has 2 N–H and O–H groups in total. The van der Waals surface area contributed by atoms with E-state index in [1.54, 1.807) is 6.92 Å². The smallest absolute Gasteiger partial charge is 0.330 e. The summed E-state index contributed by atoms with van der Waals surface area (Å²) in [7, 11) is 0. The molecule has 0 bridgehead atoms. The number of aromatic amines is 1. The highest BCUT2D eigenvalue weighted by Crippen LogP contribution is 2.45. The number of ether oxygens (including phenoxy) is 1. The maximum atomic E-state index is 11.8. The molecule has 1 saturated heterocycles. The molecule has 6 nitrogen and oxygen atoms in total. The lowest BCUT2D eigenvalue weighted by Crippen LogP contribution is -2.33. The van der Waals surface area contributed by atoms with Crippen molar-refractivity contribution in [3.8, 4) is 0 Å². The maximum Gasteiger partial charge on any atom is 0.330 e. The monoisotopic (exact) mass is 266 g/mol. The van der Waals surface area contributed by atoms with Crippen LogP contribution in [0.4, 0.5) is 0 Å². The molecule has 1 unspecified atom stereocenters. The fourth-order valence-electron chi connectivity index (χ4n) is 3.31. The molecule has 2 fully saturated rings. The average Bonchev–Trinajstić information content (AvgIpc) is 2.87. The number of hydrogen-bond acceptors (Lipinski definition) is 4. The number of aryl methyl sites for hydroxylation is 1. The third kappa shape index (κ3) is 1.95. The Labute approximate surface area is 110 Å². The van der Waals surface area contributed by atoms with Crippen molar-refractivity contribution >= 4 is 0 Å². The molecule has 1 aromatic heterocycles. The predicted octanol–water partition coefficient (Wildman–Crippen LogP) is 0.149. The Bertz CT molecular complexity index is 589. The van der Waals surface area contributed by atoms with Crippen LogP contribution in [0.5, 0.6) is 0 Å².